The van der Waals surface area contributed by atoms with E-state index in [-0.39, 0.29) is 24.1 Å². The van der Waals surface area contributed by atoms with Crippen LogP contribution in [0.4, 0.5) is 13.2 Å². The highest BCUT2D eigenvalue weighted by Crippen LogP contribution is 2.24. The van der Waals surface area contributed by atoms with Crippen LogP contribution in [0.1, 0.15) is 29.0 Å². The molecule has 0 radical (unpaired) electrons. The fraction of sp³-hybridized carbons (Fsp3) is 0.320. The van der Waals surface area contributed by atoms with E-state index < -0.39 is 24.5 Å². The monoisotopic (exact) mass is 561 g/mol. The Bertz CT molecular complexity index is 1540. The lowest BCUT2D eigenvalue weighted by Crippen LogP contribution is -2.37. The number of likely N-dealkylation sites (tertiary alicyclic amines) is 1. The smallest absolute Gasteiger partial charge is 0.382 e. The Morgan fingerprint density at radius 2 is 1.74 bits per heavy atom. The summed E-state index contributed by atoms with van der Waals surface area (Å²) in [5, 5.41) is 18.6. The second-order valence-corrected chi connectivity index (χ2v) is 9.50. The van der Waals surface area contributed by atoms with Crippen LogP contribution in [0.3, 0.4) is 0 Å². The molecule has 204 valence electrons. The summed E-state index contributed by atoms with van der Waals surface area (Å²) in [4.78, 5) is 32.1. The molecule has 4 aromatic rings. The maximum atomic E-state index is 13.1. The average Bonchev–Trinajstić information content (AvgIpc) is 3.67. The number of aliphatic hydroxyl groups excluding tert-OH is 1. The number of aliphatic hydroxyl groups is 1. The van der Waals surface area contributed by atoms with Gasteiger partial charge in [-0.15, -0.1) is 10.2 Å². The molecule has 0 unspecified atom stereocenters. The van der Waals surface area contributed by atoms with Crippen LogP contribution in [0.5, 0.6) is 0 Å². The second-order valence-electron chi connectivity index (χ2n) is 9.06. The molecule has 14 heteroatoms. The number of rotatable bonds is 7. The van der Waals surface area contributed by atoms with Crippen molar-refractivity contribution in [3.63, 3.8) is 0 Å². The highest BCUT2D eigenvalue weighted by Gasteiger charge is 2.39. The van der Waals surface area contributed by atoms with Gasteiger partial charge in [-0.2, -0.15) is 13.2 Å². The summed E-state index contributed by atoms with van der Waals surface area (Å²) in [6.45, 7) is 0.0542. The van der Waals surface area contributed by atoms with Crippen molar-refractivity contribution in [3.8, 4) is 17.1 Å². The quantitative estimate of drug-likeness (QED) is 0.371. The maximum Gasteiger partial charge on any atom is 0.416 e. The molecule has 1 fully saturated rings. The number of alkyl halides is 3. The molecule has 0 aliphatic carbocycles. The van der Waals surface area contributed by atoms with Crippen LogP contribution in [0.25, 0.3) is 17.1 Å². The summed E-state index contributed by atoms with van der Waals surface area (Å²) in [6, 6.07) is 13.0. The predicted molar refractivity (Wildman–Crippen MR) is 135 cm³/mol. The zero-order chi connectivity index (χ0) is 27.7. The average molecular weight is 562 g/mol. The van der Waals surface area contributed by atoms with Gasteiger partial charge in [-0.25, -0.2) is 19.1 Å². The first-order valence-corrected chi connectivity index (χ1v) is 12.5. The van der Waals surface area contributed by atoms with Gasteiger partial charge in [0.05, 0.1) is 17.8 Å². The Balaban J connectivity index is 1.46. The standard InChI is InChI=1S/C25H23ClF3N7O3/c26-17-9-7-16(8-10-17)22-32-35(24(39)34(22)13-20(37)25(27,28)29)14-21-30-15-36(31-21)19-6-2-1-5-18(19)23(38)33-11-3-4-12-33/h1-2,5-10,15,20,37H,3-4,11-14H2/t20-/m0/s1. The van der Waals surface area contributed by atoms with E-state index in [2.05, 4.69) is 15.2 Å². The number of nitrogens with zero attached hydrogens (tertiary/aromatic N) is 7. The molecule has 2 aromatic carbocycles. The summed E-state index contributed by atoms with van der Waals surface area (Å²) in [7, 11) is 0. The zero-order valence-electron chi connectivity index (χ0n) is 20.4. The maximum absolute atomic E-state index is 13.1. The van der Waals surface area contributed by atoms with Gasteiger partial charge in [0.25, 0.3) is 5.91 Å². The van der Waals surface area contributed by atoms with Crippen molar-refractivity contribution in [1.82, 2.24) is 34.0 Å². The van der Waals surface area contributed by atoms with Crippen LogP contribution in [0, 0.1) is 0 Å². The molecule has 1 amide bonds. The summed E-state index contributed by atoms with van der Waals surface area (Å²) in [6.07, 6.45) is -4.43. The van der Waals surface area contributed by atoms with E-state index >= 15 is 0 Å². The Morgan fingerprint density at radius 3 is 2.44 bits per heavy atom. The summed E-state index contributed by atoms with van der Waals surface area (Å²) in [5.41, 5.74) is 0.395. The zero-order valence-corrected chi connectivity index (χ0v) is 21.2. The fourth-order valence-corrected chi connectivity index (χ4v) is 4.49. The van der Waals surface area contributed by atoms with Crippen molar-refractivity contribution in [1.29, 1.82) is 0 Å². The third-order valence-electron chi connectivity index (χ3n) is 6.36. The molecule has 39 heavy (non-hydrogen) atoms. The molecule has 0 spiro atoms. The van der Waals surface area contributed by atoms with Gasteiger partial charge in [-0.3, -0.25) is 9.36 Å². The molecule has 0 saturated carbocycles. The van der Waals surface area contributed by atoms with Crippen molar-refractivity contribution >= 4 is 17.5 Å². The molecule has 3 heterocycles. The van der Waals surface area contributed by atoms with Crippen LogP contribution in [0.2, 0.25) is 5.02 Å². The van der Waals surface area contributed by atoms with Gasteiger partial charge in [0, 0.05) is 23.7 Å². The number of carbonyl (C=O) groups is 1. The molecule has 1 saturated heterocycles. The fourth-order valence-electron chi connectivity index (χ4n) is 4.36. The first kappa shape index (κ1) is 26.6. The predicted octanol–water partition coefficient (Wildman–Crippen LogP) is 3.15. The summed E-state index contributed by atoms with van der Waals surface area (Å²) in [5.74, 6) is -0.0592. The molecular weight excluding hydrogens is 539 g/mol. The van der Waals surface area contributed by atoms with Gasteiger partial charge in [-0.1, -0.05) is 23.7 Å². The first-order valence-electron chi connectivity index (χ1n) is 12.1. The number of benzene rings is 2. The van der Waals surface area contributed by atoms with E-state index in [1.165, 1.54) is 35.3 Å². The molecule has 1 aliphatic rings. The first-order chi connectivity index (χ1) is 18.6. The minimum absolute atomic E-state index is 0.0824. The number of para-hydroxylation sites is 1. The molecule has 1 N–H and O–H groups in total. The van der Waals surface area contributed by atoms with Gasteiger partial charge in [-0.05, 0) is 49.2 Å². The van der Waals surface area contributed by atoms with E-state index in [1.54, 1.807) is 29.2 Å². The number of halogens is 4. The highest BCUT2D eigenvalue weighted by atomic mass is 35.5. The number of amides is 1. The van der Waals surface area contributed by atoms with E-state index in [4.69, 9.17) is 11.6 Å². The number of hydrogen-bond acceptors (Lipinski definition) is 6. The normalized spacial score (nSPS) is 14.6. The minimum Gasteiger partial charge on any atom is -0.382 e. The minimum atomic E-state index is -4.93. The topological polar surface area (TPSA) is 111 Å². The van der Waals surface area contributed by atoms with Crippen molar-refractivity contribution in [3.05, 3.63) is 81.8 Å². The van der Waals surface area contributed by atoms with Gasteiger partial charge in [0.1, 0.15) is 12.9 Å². The van der Waals surface area contributed by atoms with E-state index in [9.17, 15) is 27.9 Å². The lowest BCUT2D eigenvalue weighted by molar-refractivity contribution is -0.207. The van der Waals surface area contributed by atoms with Gasteiger partial charge in [0.15, 0.2) is 17.8 Å². The van der Waals surface area contributed by atoms with Gasteiger partial charge >= 0.3 is 11.9 Å². The van der Waals surface area contributed by atoms with E-state index in [0.29, 0.717) is 34.9 Å². The van der Waals surface area contributed by atoms with Crippen LogP contribution < -0.4 is 5.69 Å². The van der Waals surface area contributed by atoms with Gasteiger partial charge in [0.2, 0.25) is 0 Å². The van der Waals surface area contributed by atoms with Crippen molar-refractivity contribution in [2.75, 3.05) is 13.1 Å². The Morgan fingerprint density at radius 1 is 1.05 bits per heavy atom. The molecular formula is C25H23ClF3N7O3. The van der Waals surface area contributed by atoms with E-state index in [1.807, 2.05) is 0 Å². The number of aromatic nitrogens is 6. The van der Waals surface area contributed by atoms with E-state index in [0.717, 1.165) is 22.1 Å². The highest BCUT2D eigenvalue weighted by molar-refractivity contribution is 6.30. The lowest BCUT2D eigenvalue weighted by Gasteiger charge is -2.17. The molecule has 1 atom stereocenters. The number of carbonyl (C=O) groups excluding carboxylic acids is 1. The SMILES string of the molecule is O=C(c1ccccc1-n1cnc(Cn2nc(-c3ccc(Cl)cc3)n(C[C@H](O)C(F)(F)F)c2=O)n1)N1CCCC1. The molecule has 2 aromatic heterocycles. The largest absolute Gasteiger partial charge is 0.416 e. The van der Waals surface area contributed by atoms with Crippen LogP contribution in [-0.2, 0) is 13.1 Å². The summed E-state index contributed by atoms with van der Waals surface area (Å²) >= 11 is 5.92. The van der Waals surface area contributed by atoms with Crippen molar-refractivity contribution < 1.29 is 23.1 Å². The molecule has 0 bridgehead atoms. The third kappa shape index (κ3) is 5.59. The Labute approximate surface area is 224 Å². The Hall–Kier alpha value is -3.97. The second kappa shape index (κ2) is 10.7. The van der Waals surface area contributed by atoms with Crippen LogP contribution in [-0.4, -0.2) is 70.4 Å². The number of hydrogen-bond donors (Lipinski definition) is 1. The Kier molecular flexibility index (Phi) is 7.28. The van der Waals surface area contributed by atoms with Crippen molar-refractivity contribution in [2.45, 2.75) is 38.2 Å². The van der Waals surface area contributed by atoms with Crippen LogP contribution >= 0.6 is 11.6 Å². The van der Waals surface area contributed by atoms with Gasteiger partial charge < -0.3 is 10.0 Å². The van der Waals surface area contributed by atoms with Crippen LogP contribution in [0.15, 0.2) is 59.7 Å². The molecule has 1 aliphatic heterocycles. The lowest BCUT2D eigenvalue weighted by atomic mass is 10.1. The third-order valence-corrected chi connectivity index (χ3v) is 6.62. The molecule has 5 rings (SSSR count). The molecule has 10 nitrogen and oxygen atoms in total. The van der Waals surface area contributed by atoms with Crippen molar-refractivity contribution in [2.24, 2.45) is 0 Å². The summed E-state index contributed by atoms with van der Waals surface area (Å²) < 4.78 is 42.4.